The van der Waals surface area contributed by atoms with Gasteiger partial charge in [0, 0.05) is 11.5 Å². The van der Waals surface area contributed by atoms with Crippen molar-refractivity contribution in [3.05, 3.63) is 22.8 Å². The Morgan fingerprint density at radius 3 is 2.62 bits per heavy atom. The van der Waals surface area contributed by atoms with Crippen LogP contribution in [0, 0.1) is 0 Å². The van der Waals surface area contributed by atoms with Crippen LogP contribution in [0.25, 0.3) is 0 Å². The second-order valence-corrected chi connectivity index (χ2v) is 6.80. The Kier molecular flexibility index (Phi) is 3.90. The number of amides is 4. The van der Waals surface area contributed by atoms with Crippen molar-refractivity contribution in [3.63, 3.8) is 0 Å². The second kappa shape index (κ2) is 5.55. The predicted octanol–water partition coefficient (Wildman–Crippen LogP) is 1.41. The minimum absolute atomic E-state index is 0.102. The van der Waals surface area contributed by atoms with Crippen molar-refractivity contribution in [2.45, 2.75) is 17.2 Å². The zero-order chi connectivity index (χ0) is 15.1. The van der Waals surface area contributed by atoms with Crippen LogP contribution in [0.1, 0.15) is 6.42 Å². The average molecular weight is 348 g/mol. The molecule has 3 rings (SSSR count). The van der Waals surface area contributed by atoms with Crippen LogP contribution in [0.5, 0.6) is 0 Å². The number of nitrogens with zero attached hydrogens (tertiary/aromatic N) is 2. The molecule has 0 aromatic carbocycles. The standard InChI is InChI=1S/C12H11Cl2N3O3S/c13-6-1-2-7(8(14)3-6)11-16(10(19)5-21-11)17-9(18)4-15-12(17)20/h1-2,8,11H,3-5H2,(H,15,20)/t8-,11+/m1/s1. The highest BCUT2D eigenvalue weighted by Crippen LogP contribution is 2.39. The number of carbonyl (C=O) groups is 3. The largest absolute Gasteiger partial charge is 0.344 e. The van der Waals surface area contributed by atoms with Crippen molar-refractivity contribution >= 4 is 52.8 Å². The maximum atomic E-state index is 12.1. The fourth-order valence-corrected chi connectivity index (χ4v) is 4.34. The summed E-state index contributed by atoms with van der Waals surface area (Å²) < 4.78 is 0. The summed E-state index contributed by atoms with van der Waals surface area (Å²) in [4.78, 5) is 35.7. The molecule has 3 aliphatic rings. The molecule has 0 saturated carbocycles. The molecule has 0 radical (unpaired) electrons. The molecule has 112 valence electrons. The topological polar surface area (TPSA) is 69.7 Å². The zero-order valence-electron chi connectivity index (χ0n) is 10.7. The third kappa shape index (κ3) is 2.54. The molecule has 0 spiro atoms. The molecule has 2 heterocycles. The number of imide groups is 1. The van der Waals surface area contributed by atoms with E-state index in [0.717, 1.165) is 10.6 Å². The summed E-state index contributed by atoms with van der Waals surface area (Å²) in [5.74, 6) is -0.544. The molecule has 9 heteroatoms. The number of thioether (sulfide) groups is 1. The van der Waals surface area contributed by atoms with Crippen LogP contribution < -0.4 is 5.32 Å². The molecule has 6 nitrogen and oxygen atoms in total. The van der Waals surface area contributed by atoms with Gasteiger partial charge < -0.3 is 5.32 Å². The molecule has 4 amide bonds. The number of hydrazine groups is 1. The highest BCUT2D eigenvalue weighted by molar-refractivity contribution is 8.01. The van der Waals surface area contributed by atoms with Gasteiger partial charge in [-0.2, -0.15) is 5.01 Å². The Bertz CT molecular complexity index is 576. The Morgan fingerprint density at radius 1 is 1.24 bits per heavy atom. The number of urea groups is 1. The van der Waals surface area contributed by atoms with Gasteiger partial charge in [0.2, 0.25) is 0 Å². The van der Waals surface area contributed by atoms with Gasteiger partial charge in [-0.3, -0.25) is 9.59 Å². The van der Waals surface area contributed by atoms with E-state index in [-0.39, 0.29) is 23.6 Å². The Balaban J connectivity index is 1.93. The average Bonchev–Trinajstić information content (AvgIpc) is 2.94. The van der Waals surface area contributed by atoms with Gasteiger partial charge in [0.1, 0.15) is 11.9 Å². The summed E-state index contributed by atoms with van der Waals surface area (Å²) in [7, 11) is 0. The number of carbonyl (C=O) groups excluding carboxylic acids is 3. The lowest BCUT2D eigenvalue weighted by molar-refractivity contribution is -0.151. The van der Waals surface area contributed by atoms with Crippen LogP contribution >= 0.6 is 35.0 Å². The van der Waals surface area contributed by atoms with Crippen molar-refractivity contribution < 1.29 is 14.4 Å². The van der Waals surface area contributed by atoms with E-state index in [9.17, 15) is 14.4 Å². The number of hydrogen-bond acceptors (Lipinski definition) is 4. The van der Waals surface area contributed by atoms with E-state index in [2.05, 4.69) is 5.32 Å². The summed E-state index contributed by atoms with van der Waals surface area (Å²) in [6.45, 7) is -0.102. The number of nitrogens with one attached hydrogen (secondary N) is 1. The van der Waals surface area contributed by atoms with Gasteiger partial charge in [0.25, 0.3) is 11.8 Å². The third-order valence-electron chi connectivity index (χ3n) is 3.35. The van der Waals surface area contributed by atoms with E-state index in [1.807, 2.05) is 0 Å². The van der Waals surface area contributed by atoms with Gasteiger partial charge >= 0.3 is 6.03 Å². The van der Waals surface area contributed by atoms with Gasteiger partial charge in [0.15, 0.2) is 0 Å². The lowest BCUT2D eigenvalue weighted by Gasteiger charge is -2.33. The minimum Gasteiger partial charge on any atom is -0.327 e. The molecular weight excluding hydrogens is 337 g/mol. The lowest BCUT2D eigenvalue weighted by Crippen LogP contribution is -2.52. The van der Waals surface area contributed by atoms with Crippen molar-refractivity contribution in [1.29, 1.82) is 0 Å². The molecule has 1 N–H and O–H groups in total. The summed E-state index contributed by atoms with van der Waals surface area (Å²) in [5.41, 5.74) is 0.768. The van der Waals surface area contributed by atoms with Crippen molar-refractivity contribution in [1.82, 2.24) is 15.3 Å². The first-order chi connectivity index (χ1) is 9.99. The number of allylic oxidation sites excluding steroid dienone is 3. The second-order valence-electron chi connectivity index (χ2n) is 4.72. The number of alkyl halides is 1. The fraction of sp³-hybridized carbons (Fsp3) is 0.417. The van der Waals surface area contributed by atoms with Gasteiger partial charge in [-0.15, -0.1) is 23.4 Å². The third-order valence-corrected chi connectivity index (χ3v) is 5.24. The maximum absolute atomic E-state index is 12.1. The van der Waals surface area contributed by atoms with Crippen LogP contribution in [-0.4, -0.2) is 50.9 Å². The van der Waals surface area contributed by atoms with E-state index < -0.39 is 17.3 Å². The molecular formula is C12H11Cl2N3O3S. The molecule has 2 saturated heterocycles. The monoisotopic (exact) mass is 347 g/mol. The highest BCUT2D eigenvalue weighted by Gasteiger charge is 2.46. The molecule has 0 aromatic rings. The van der Waals surface area contributed by atoms with Gasteiger partial charge in [0.05, 0.1) is 11.1 Å². The molecule has 0 unspecified atom stereocenters. The van der Waals surface area contributed by atoms with Gasteiger partial charge in [-0.1, -0.05) is 17.7 Å². The summed E-state index contributed by atoms with van der Waals surface area (Å²) in [6.07, 6.45) is 3.95. The smallest absolute Gasteiger partial charge is 0.327 e. The molecule has 1 aliphatic carbocycles. The van der Waals surface area contributed by atoms with Crippen LogP contribution in [-0.2, 0) is 9.59 Å². The molecule has 2 atom stereocenters. The Labute approximate surface area is 135 Å². The Hall–Kier alpha value is -1.18. The summed E-state index contributed by atoms with van der Waals surface area (Å²) in [5, 5.41) is 4.28. The summed E-state index contributed by atoms with van der Waals surface area (Å²) >= 11 is 13.6. The first-order valence-corrected chi connectivity index (χ1v) is 8.10. The van der Waals surface area contributed by atoms with E-state index >= 15 is 0 Å². The number of hydrogen-bond donors (Lipinski definition) is 1. The van der Waals surface area contributed by atoms with Crippen molar-refractivity contribution in [2.75, 3.05) is 12.3 Å². The first kappa shape index (κ1) is 14.7. The first-order valence-electron chi connectivity index (χ1n) is 6.23. The van der Waals surface area contributed by atoms with Crippen molar-refractivity contribution in [2.24, 2.45) is 0 Å². The van der Waals surface area contributed by atoms with Gasteiger partial charge in [-0.05, 0) is 11.6 Å². The quantitative estimate of drug-likeness (QED) is 0.605. The van der Waals surface area contributed by atoms with Crippen LogP contribution in [0.15, 0.2) is 22.8 Å². The maximum Gasteiger partial charge on any atom is 0.344 e. The molecule has 2 fully saturated rings. The normalized spacial score (nSPS) is 29.7. The number of halogens is 2. The van der Waals surface area contributed by atoms with Crippen LogP contribution in [0.4, 0.5) is 4.79 Å². The zero-order valence-corrected chi connectivity index (χ0v) is 13.0. The highest BCUT2D eigenvalue weighted by atomic mass is 35.5. The van der Waals surface area contributed by atoms with E-state index in [1.54, 1.807) is 12.2 Å². The summed E-state index contributed by atoms with van der Waals surface area (Å²) in [6, 6.07) is -0.586. The molecule has 21 heavy (non-hydrogen) atoms. The lowest BCUT2D eigenvalue weighted by atomic mass is 10.0. The van der Waals surface area contributed by atoms with Gasteiger partial charge in [-0.25, -0.2) is 9.80 Å². The fourth-order valence-electron chi connectivity index (χ4n) is 2.39. The van der Waals surface area contributed by atoms with E-state index in [0.29, 0.717) is 11.5 Å². The molecule has 2 aliphatic heterocycles. The molecule has 0 aromatic heterocycles. The van der Waals surface area contributed by atoms with Crippen molar-refractivity contribution in [3.8, 4) is 0 Å². The number of rotatable bonds is 2. The van der Waals surface area contributed by atoms with E-state index in [1.165, 1.54) is 16.8 Å². The van der Waals surface area contributed by atoms with Crippen LogP contribution in [0.2, 0.25) is 0 Å². The van der Waals surface area contributed by atoms with Crippen LogP contribution in [0.3, 0.4) is 0 Å². The predicted molar refractivity (Wildman–Crippen MR) is 79.6 cm³/mol. The molecule has 0 bridgehead atoms. The van der Waals surface area contributed by atoms with E-state index in [4.69, 9.17) is 23.2 Å². The SMILES string of the molecule is O=C1CNC(=O)N1N1C(=O)CS[C@H]1C1=CC=C(Cl)C[C@H]1Cl. The minimum atomic E-state index is -0.586. The Morgan fingerprint density at radius 2 is 2.00 bits per heavy atom.